The number of pyridine rings is 1. The van der Waals surface area contributed by atoms with Crippen molar-refractivity contribution in [1.82, 2.24) is 9.97 Å². The Morgan fingerprint density at radius 2 is 2.35 bits per heavy atom. The van der Waals surface area contributed by atoms with Crippen LogP contribution in [0.4, 0.5) is 10.8 Å². The lowest BCUT2D eigenvalue weighted by Crippen LogP contribution is -2.28. The van der Waals surface area contributed by atoms with E-state index in [4.69, 9.17) is 5.73 Å². The first kappa shape index (κ1) is 10.5. The van der Waals surface area contributed by atoms with Crippen molar-refractivity contribution >= 4 is 38.4 Å². The number of fused-ring (bicyclic) bond motifs is 1. The van der Waals surface area contributed by atoms with Gasteiger partial charge in [0.1, 0.15) is 0 Å². The number of nitrogens with one attached hydrogen (secondary N) is 1. The average molecular weight is 248 g/mol. The number of nitrogen functional groups attached to an aromatic ring is 1. The molecule has 1 aliphatic carbocycles. The van der Waals surface area contributed by atoms with Gasteiger partial charge in [0.2, 0.25) is 5.91 Å². The molecule has 3 rings (SSSR count). The molecule has 1 aliphatic rings. The molecule has 2 aromatic heterocycles. The minimum atomic E-state index is 0.0925. The van der Waals surface area contributed by atoms with Gasteiger partial charge in [-0.15, -0.1) is 0 Å². The molecule has 1 saturated carbocycles. The summed E-state index contributed by atoms with van der Waals surface area (Å²) < 4.78 is 0.897. The van der Waals surface area contributed by atoms with Gasteiger partial charge in [-0.1, -0.05) is 17.8 Å². The fourth-order valence-electron chi connectivity index (χ4n) is 1.82. The van der Waals surface area contributed by atoms with Gasteiger partial charge in [-0.2, -0.15) is 0 Å². The van der Waals surface area contributed by atoms with Crippen LogP contribution in [0.3, 0.4) is 0 Å². The molecule has 6 heteroatoms. The largest absolute Gasteiger partial charge is 0.375 e. The highest BCUT2D eigenvalue weighted by molar-refractivity contribution is 7.22. The van der Waals surface area contributed by atoms with E-state index in [1.165, 1.54) is 11.3 Å². The number of thiazole rings is 1. The van der Waals surface area contributed by atoms with E-state index in [0.29, 0.717) is 10.8 Å². The molecule has 2 aromatic rings. The van der Waals surface area contributed by atoms with Gasteiger partial charge < -0.3 is 11.1 Å². The molecule has 1 amide bonds. The van der Waals surface area contributed by atoms with E-state index in [-0.39, 0.29) is 11.8 Å². The molecule has 17 heavy (non-hydrogen) atoms. The standard InChI is InChI=1S/C11H12N4OS/c12-11-15-9-8(17-11)4-7(5-13-9)14-10(16)6-2-1-3-6/h4-6H,1-3H2,(H,14,16)(H2,12,13,15). The van der Waals surface area contributed by atoms with E-state index in [1.54, 1.807) is 6.20 Å². The number of aromatic nitrogens is 2. The smallest absolute Gasteiger partial charge is 0.227 e. The fraction of sp³-hybridized carbons (Fsp3) is 0.364. The summed E-state index contributed by atoms with van der Waals surface area (Å²) in [4.78, 5) is 20.0. The lowest BCUT2D eigenvalue weighted by Gasteiger charge is -2.23. The normalized spacial score (nSPS) is 15.8. The quantitative estimate of drug-likeness (QED) is 0.851. The summed E-state index contributed by atoms with van der Waals surface area (Å²) in [5, 5.41) is 3.38. The Morgan fingerprint density at radius 3 is 3.06 bits per heavy atom. The molecule has 5 nitrogen and oxygen atoms in total. The number of hydrogen-bond acceptors (Lipinski definition) is 5. The Balaban J connectivity index is 1.82. The van der Waals surface area contributed by atoms with Gasteiger partial charge in [0, 0.05) is 5.92 Å². The zero-order chi connectivity index (χ0) is 11.8. The number of nitrogens with two attached hydrogens (primary N) is 1. The lowest BCUT2D eigenvalue weighted by molar-refractivity contribution is -0.122. The third-order valence-electron chi connectivity index (χ3n) is 3.01. The topological polar surface area (TPSA) is 80.9 Å². The van der Waals surface area contributed by atoms with Gasteiger partial charge in [0.25, 0.3) is 0 Å². The molecule has 1 fully saturated rings. The van der Waals surface area contributed by atoms with E-state index in [9.17, 15) is 4.79 Å². The van der Waals surface area contributed by atoms with Gasteiger partial charge in [-0.25, -0.2) is 9.97 Å². The molecule has 0 bridgehead atoms. The van der Waals surface area contributed by atoms with Crippen molar-refractivity contribution in [1.29, 1.82) is 0 Å². The molecule has 88 valence electrons. The number of anilines is 2. The van der Waals surface area contributed by atoms with Crippen LogP contribution in [-0.4, -0.2) is 15.9 Å². The highest BCUT2D eigenvalue weighted by Gasteiger charge is 2.25. The third kappa shape index (κ3) is 1.95. The van der Waals surface area contributed by atoms with Crippen LogP contribution in [0.1, 0.15) is 19.3 Å². The van der Waals surface area contributed by atoms with Crippen LogP contribution < -0.4 is 11.1 Å². The summed E-state index contributed by atoms with van der Waals surface area (Å²) >= 11 is 1.37. The molecular weight excluding hydrogens is 236 g/mol. The highest BCUT2D eigenvalue weighted by Crippen LogP contribution is 2.29. The molecule has 0 radical (unpaired) electrons. The van der Waals surface area contributed by atoms with Crippen LogP contribution >= 0.6 is 11.3 Å². The Bertz CT molecular complexity index is 576. The maximum absolute atomic E-state index is 11.8. The van der Waals surface area contributed by atoms with Crippen molar-refractivity contribution in [2.45, 2.75) is 19.3 Å². The zero-order valence-electron chi connectivity index (χ0n) is 9.14. The second-order valence-corrected chi connectivity index (χ2v) is 5.28. The minimum Gasteiger partial charge on any atom is -0.375 e. The zero-order valence-corrected chi connectivity index (χ0v) is 9.96. The van der Waals surface area contributed by atoms with Crippen molar-refractivity contribution < 1.29 is 4.79 Å². The molecule has 2 heterocycles. The van der Waals surface area contributed by atoms with E-state index >= 15 is 0 Å². The summed E-state index contributed by atoms with van der Waals surface area (Å²) in [6.45, 7) is 0. The van der Waals surface area contributed by atoms with Crippen molar-refractivity contribution in [2.24, 2.45) is 5.92 Å². The minimum absolute atomic E-state index is 0.0925. The molecule has 0 aliphatic heterocycles. The third-order valence-corrected chi connectivity index (χ3v) is 3.83. The van der Waals surface area contributed by atoms with Gasteiger partial charge >= 0.3 is 0 Å². The van der Waals surface area contributed by atoms with Crippen molar-refractivity contribution in [3.8, 4) is 0 Å². The van der Waals surface area contributed by atoms with Crippen molar-refractivity contribution in [2.75, 3.05) is 11.1 Å². The van der Waals surface area contributed by atoms with Crippen LogP contribution in [0.5, 0.6) is 0 Å². The van der Waals surface area contributed by atoms with Crippen molar-refractivity contribution in [3.05, 3.63) is 12.3 Å². The van der Waals surface area contributed by atoms with Crippen LogP contribution in [0.25, 0.3) is 10.3 Å². The van der Waals surface area contributed by atoms with E-state index in [2.05, 4.69) is 15.3 Å². The van der Waals surface area contributed by atoms with Gasteiger partial charge in [-0.3, -0.25) is 4.79 Å². The first-order valence-corrected chi connectivity index (χ1v) is 6.37. The molecule has 3 N–H and O–H groups in total. The molecular formula is C11H12N4OS. The fourth-order valence-corrected chi connectivity index (χ4v) is 2.55. The first-order chi connectivity index (χ1) is 8.22. The maximum Gasteiger partial charge on any atom is 0.227 e. The highest BCUT2D eigenvalue weighted by atomic mass is 32.1. The number of hydrogen-bond donors (Lipinski definition) is 2. The first-order valence-electron chi connectivity index (χ1n) is 5.55. The summed E-state index contributed by atoms with van der Waals surface area (Å²) in [6, 6.07) is 1.87. The second-order valence-electron chi connectivity index (χ2n) is 4.21. The van der Waals surface area contributed by atoms with Gasteiger partial charge in [0.15, 0.2) is 10.8 Å². The monoisotopic (exact) mass is 248 g/mol. The predicted octanol–water partition coefficient (Wildman–Crippen LogP) is 2.01. The Morgan fingerprint density at radius 1 is 1.53 bits per heavy atom. The van der Waals surface area contributed by atoms with Crippen molar-refractivity contribution in [3.63, 3.8) is 0 Å². The van der Waals surface area contributed by atoms with E-state index in [0.717, 1.165) is 29.6 Å². The maximum atomic E-state index is 11.8. The average Bonchev–Trinajstić information content (AvgIpc) is 2.54. The molecule has 0 atom stereocenters. The van der Waals surface area contributed by atoms with Gasteiger partial charge in [-0.05, 0) is 18.9 Å². The summed E-state index contributed by atoms with van der Waals surface area (Å²) in [5.41, 5.74) is 6.95. The summed E-state index contributed by atoms with van der Waals surface area (Å²) in [7, 11) is 0. The number of carbonyl (C=O) groups excluding carboxylic acids is 1. The van der Waals surface area contributed by atoms with E-state index in [1.807, 2.05) is 6.07 Å². The number of nitrogens with zero attached hydrogens (tertiary/aromatic N) is 2. The Labute approximate surface area is 102 Å². The number of carbonyl (C=O) groups is 1. The number of rotatable bonds is 2. The molecule has 0 saturated heterocycles. The number of amides is 1. The summed E-state index contributed by atoms with van der Waals surface area (Å²) in [5.74, 6) is 0.270. The SMILES string of the molecule is Nc1nc2ncc(NC(=O)C3CCC3)cc2s1. The summed E-state index contributed by atoms with van der Waals surface area (Å²) in [6.07, 6.45) is 4.77. The molecule has 0 unspecified atom stereocenters. The lowest BCUT2D eigenvalue weighted by atomic mass is 9.85. The van der Waals surface area contributed by atoms with Crippen LogP contribution in [0.15, 0.2) is 12.3 Å². The van der Waals surface area contributed by atoms with Gasteiger partial charge in [0.05, 0.1) is 16.6 Å². The second kappa shape index (κ2) is 3.96. The molecule has 0 aromatic carbocycles. The Kier molecular flexibility index (Phi) is 2.44. The van der Waals surface area contributed by atoms with Crippen LogP contribution in [0.2, 0.25) is 0 Å². The Hall–Kier alpha value is -1.69. The van der Waals surface area contributed by atoms with E-state index < -0.39 is 0 Å². The predicted molar refractivity (Wildman–Crippen MR) is 67.8 cm³/mol. The molecule has 0 spiro atoms. The van der Waals surface area contributed by atoms with Crippen LogP contribution in [-0.2, 0) is 4.79 Å². The van der Waals surface area contributed by atoms with Crippen LogP contribution in [0, 0.1) is 5.92 Å².